The van der Waals surface area contributed by atoms with E-state index in [-0.39, 0.29) is 13.0 Å². The zero-order valence-electron chi connectivity index (χ0n) is 9.44. The predicted octanol–water partition coefficient (Wildman–Crippen LogP) is 0.187. The molecule has 1 aliphatic rings. The van der Waals surface area contributed by atoms with Crippen LogP contribution in [0.4, 0.5) is 0 Å². The highest BCUT2D eigenvalue weighted by Gasteiger charge is 2.48. The number of hydrogen-bond acceptors (Lipinski definition) is 6. The highest BCUT2D eigenvalue weighted by atomic mass is 16.6. The Hall–Kier alpha value is -1.59. The van der Waals surface area contributed by atoms with Crippen LogP contribution in [0.2, 0.25) is 0 Å². The summed E-state index contributed by atoms with van der Waals surface area (Å²) in [5.74, 6) is -1.61. The Morgan fingerprint density at radius 2 is 2.06 bits per heavy atom. The van der Waals surface area contributed by atoms with E-state index < -0.39 is 29.6 Å². The number of carbonyl (C=O) groups excluding carboxylic acids is 3. The summed E-state index contributed by atoms with van der Waals surface area (Å²) in [6.07, 6.45) is -0.362. The Morgan fingerprint density at radius 3 is 2.56 bits per heavy atom. The lowest BCUT2D eigenvalue weighted by Gasteiger charge is -2.18. The van der Waals surface area contributed by atoms with Crippen LogP contribution in [0, 0.1) is 0 Å². The van der Waals surface area contributed by atoms with Gasteiger partial charge in [-0.2, -0.15) is 0 Å². The normalized spacial score (nSPS) is 28.4. The molecule has 6 heteroatoms. The van der Waals surface area contributed by atoms with Crippen molar-refractivity contribution in [3.8, 4) is 0 Å². The first kappa shape index (κ1) is 12.5. The van der Waals surface area contributed by atoms with Crippen LogP contribution in [0.25, 0.3) is 0 Å². The maximum absolute atomic E-state index is 11.4. The van der Waals surface area contributed by atoms with E-state index >= 15 is 0 Å². The number of rotatable bonds is 3. The van der Waals surface area contributed by atoms with E-state index in [1.807, 2.05) is 0 Å². The summed E-state index contributed by atoms with van der Waals surface area (Å²) in [6.45, 7) is 3.95. The minimum Gasteiger partial charge on any atom is -0.462 e. The lowest BCUT2D eigenvalue weighted by atomic mass is 10.0. The molecule has 0 amide bonds. The first-order valence-corrected chi connectivity index (χ1v) is 4.87. The van der Waals surface area contributed by atoms with E-state index in [4.69, 9.17) is 14.2 Å². The fourth-order valence-electron chi connectivity index (χ4n) is 1.54. The van der Waals surface area contributed by atoms with Crippen LogP contribution < -0.4 is 0 Å². The van der Waals surface area contributed by atoms with E-state index in [0.29, 0.717) is 0 Å². The molecular weight excluding hydrogens is 216 g/mol. The molecule has 0 bridgehead atoms. The topological polar surface area (TPSA) is 78.9 Å². The van der Waals surface area contributed by atoms with Gasteiger partial charge in [0.1, 0.15) is 12.7 Å². The summed E-state index contributed by atoms with van der Waals surface area (Å²) in [5.41, 5.74) is -1.27. The van der Waals surface area contributed by atoms with Crippen molar-refractivity contribution < 1.29 is 28.6 Å². The van der Waals surface area contributed by atoms with E-state index in [1.165, 1.54) is 20.8 Å². The maximum Gasteiger partial charge on any atom is 0.350 e. The van der Waals surface area contributed by atoms with Crippen molar-refractivity contribution >= 4 is 17.9 Å². The molecule has 0 saturated carbocycles. The van der Waals surface area contributed by atoms with Crippen molar-refractivity contribution in [2.45, 2.75) is 38.9 Å². The van der Waals surface area contributed by atoms with Gasteiger partial charge in [-0.15, -0.1) is 0 Å². The molecule has 0 aromatic heterocycles. The minimum atomic E-state index is -1.27. The summed E-state index contributed by atoms with van der Waals surface area (Å²) in [6, 6.07) is 0. The van der Waals surface area contributed by atoms with Gasteiger partial charge in [-0.05, 0) is 6.92 Å². The van der Waals surface area contributed by atoms with E-state index in [9.17, 15) is 14.4 Å². The second kappa shape index (κ2) is 4.51. The molecule has 1 saturated heterocycles. The van der Waals surface area contributed by atoms with E-state index in [2.05, 4.69) is 0 Å². The van der Waals surface area contributed by atoms with Crippen LogP contribution in [-0.2, 0) is 28.6 Å². The van der Waals surface area contributed by atoms with Gasteiger partial charge < -0.3 is 14.2 Å². The predicted molar refractivity (Wildman–Crippen MR) is 51.3 cm³/mol. The van der Waals surface area contributed by atoms with Crippen molar-refractivity contribution in [2.75, 3.05) is 6.61 Å². The Balaban J connectivity index is 2.55. The van der Waals surface area contributed by atoms with Gasteiger partial charge in [0.05, 0.1) is 0 Å². The first-order chi connectivity index (χ1) is 7.33. The van der Waals surface area contributed by atoms with Crippen LogP contribution in [0.5, 0.6) is 0 Å². The molecule has 1 heterocycles. The summed E-state index contributed by atoms with van der Waals surface area (Å²) < 4.78 is 14.5. The maximum atomic E-state index is 11.4. The number of esters is 3. The van der Waals surface area contributed by atoms with Crippen molar-refractivity contribution in [3.63, 3.8) is 0 Å². The zero-order valence-corrected chi connectivity index (χ0v) is 9.44. The summed E-state index contributed by atoms with van der Waals surface area (Å²) >= 11 is 0. The average Bonchev–Trinajstić information content (AvgIpc) is 2.38. The second-order valence-corrected chi connectivity index (χ2v) is 3.86. The monoisotopic (exact) mass is 230 g/mol. The van der Waals surface area contributed by atoms with Gasteiger partial charge in [-0.3, -0.25) is 9.59 Å². The van der Waals surface area contributed by atoms with Gasteiger partial charge in [0, 0.05) is 20.3 Å². The van der Waals surface area contributed by atoms with Crippen LogP contribution in [0.3, 0.4) is 0 Å². The first-order valence-electron chi connectivity index (χ1n) is 4.87. The third-order valence-corrected chi connectivity index (χ3v) is 2.16. The molecule has 16 heavy (non-hydrogen) atoms. The molecule has 0 aliphatic carbocycles. The Labute approximate surface area is 92.8 Å². The molecular formula is C10H14O6. The number of cyclic esters (lactones) is 1. The summed E-state index contributed by atoms with van der Waals surface area (Å²) in [5, 5.41) is 0. The van der Waals surface area contributed by atoms with Crippen LogP contribution >= 0.6 is 0 Å². The SMILES string of the molecule is CC(=O)OC[C@@H]1C[C@@](C)(OC(C)=O)C(=O)O1. The molecule has 0 spiro atoms. The van der Waals surface area contributed by atoms with Crippen LogP contribution in [-0.4, -0.2) is 36.2 Å². The fraction of sp³-hybridized carbons (Fsp3) is 0.700. The molecule has 1 rings (SSSR count). The Morgan fingerprint density at radius 1 is 1.44 bits per heavy atom. The smallest absolute Gasteiger partial charge is 0.350 e. The molecule has 0 radical (unpaired) electrons. The Bertz CT molecular complexity index is 323. The number of carbonyl (C=O) groups is 3. The average molecular weight is 230 g/mol. The van der Waals surface area contributed by atoms with Crippen molar-refractivity contribution in [1.29, 1.82) is 0 Å². The lowest BCUT2D eigenvalue weighted by Crippen LogP contribution is -2.35. The van der Waals surface area contributed by atoms with Gasteiger partial charge in [0.15, 0.2) is 0 Å². The number of hydrogen-bond donors (Lipinski definition) is 0. The molecule has 1 aliphatic heterocycles. The van der Waals surface area contributed by atoms with Crippen LogP contribution in [0.15, 0.2) is 0 Å². The van der Waals surface area contributed by atoms with Crippen molar-refractivity contribution in [3.05, 3.63) is 0 Å². The second-order valence-electron chi connectivity index (χ2n) is 3.86. The van der Waals surface area contributed by atoms with Gasteiger partial charge in [-0.1, -0.05) is 0 Å². The molecule has 0 N–H and O–H groups in total. The minimum absolute atomic E-state index is 0.0159. The third kappa shape index (κ3) is 2.95. The molecule has 0 unspecified atom stereocenters. The molecule has 2 atom stereocenters. The van der Waals surface area contributed by atoms with Crippen molar-refractivity contribution in [2.24, 2.45) is 0 Å². The fourth-order valence-corrected chi connectivity index (χ4v) is 1.54. The summed E-state index contributed by atoms with van der Waals surface area (Å²) in [4.78, 5) is 32.8. The van der Waals surface area contributed by atoms with Crippen LogP contribution in [0.1, 0.15) is 27.2 Å². The van der Waals surface area contributed by atoms with E-state index in [1.54, 1.807) is 0 Å². The van der Waals surface area contributed by atoms with Gasteiger partial charge in [0.2, 0.25) is 5.60 Å². The summed E-state index contributed by atoms with van der Waals surface area (Å²) in [7, 11) is 0. The molecule has 90 valence electrons. The molecule has 6 nitrogen and oxygen atoms in total. The molecule has 1 fully saturated rings. The van der Waals surface area contributed by atoms with E-state index in [0.717, 1.165) is 0 Å². The highest BCUT2D eigenvalue weighted by Crippen LogP contribution is 2.29. The van der Waals surface area contributed by atoms with Gasteiger partial charge in [-0.25, -0.2) is 4.79 Å². The zero-order chi connectivity index (χ0) is 12.3. The third-order valence-electron chi connectivity index (χ3n) is 2.16. The molecule has 0 aromatic rings. The highest BCUT2D eigenvalue weighted by molar-refractivity contribution is 5.84. The largest absolute Gasteiger partial charge is 0.462 e. The van der Waals surface area contributed by atoms with Gasteiger partial charge in [0.25, 0.3) is 0 Å². The van der Waals surface area contributed by atoms with Crippen molar-refractivity contribution in [1.82, 2.24) is 0 Å². The Kier molecular flexibility index (Phi) is 3.51. The molecule has 0 aromatic carbocycles. The lowest BCUT2D eigenvalue weighted by molar-refractivity contribution is -0.170. The number of ether oxygens (including phenoxy) is 3. The standard InChI is InChI=1S/C10H14O6/c1-6(11)14-5-8-4-10(3,9(13)15-8)16-7(2)12/h8H,4-5H2,1-3H3/t8-,10+/m0/s1. The quantitative estimate of drug-likeness (QED) is 0.508. The van der Waals surface area contributed by atoms with Gasteiger partial charge >= 0.3 is 17.9 Å².